The van der Waals surface area contributed by atoms with Gasteiger partial charge in [-0.3, -0.25) is 9.59 Å². The van der Waals surface area contributed by atoms with E-state index in [4.69, 9.17) is 4.74 Å². The number of ether oxygens (including phenoxy) is 1. The van der Waals surface area contributed by atoms with E-state index >= 15 is 0 Å². The summed E-state index contributed by atoms with van der Waals surface area (Å²) in [5.41, 5.74) is -0.370. The molecule has 0 aromatic rings. The highest BCUT2D eigenvalue weighted by Gasteiger charge is 2.20. The van der Waals surface area contributed by atoms with Gasteiger partial charge in [-0.25, -0.2) is 0 Å². The summed E-state index contributed by atoms with van der Waals surface area (Å²) in [4.78, 5) is 22.7. The van der Waals surface area contributed by atoms with Crippen LogP contribution in [-0.4, -0.2) is 44.7 Å². The highest BCUT2D eigenvalue weighted by molar-refractivity contribution is 6.87. The molecular formula is C12H25BN2O3. The van der Waals surface area contributed by atoms with Gasteiger partial charge < -0.3 is 15.4 Å². The predicted octanol–water partition coefficient (Wildman–Crippen LogP) is 1.21. The minimum absolute atomic E-state index is 0.00364. The summed E-state index contributed by atoms with van der Waals surface area (Å²) in [5.74, 6) is 0.0406. The zero-order valence-corrected chi connectivity index (χ0v) is 12.1. The number of amides is 2. The molecule has 2 N–H and O–H groups in total. The van der Waals surface area contributed by atoms with Crippen LogP contribution >= 0.6 is 0 Å². The van der Waals surface area contributed by atoms with Crippen molar-refractivity contribution in [2.24, 2.45) is 5.41 Å². The molecule has 0 spiro atoms. The third-order valence-electron chi connectivity index (χ3n) is 2.28. The Morgan fingerprint density at radius 2 is 1.56 bits per heavy atom. The Balaban J connectivity index is 3.42. The van der Waals surface area contributed by atoms with Crippen LogP contribution in [0.2, 0.25) is 13.6 Å². The summed E-state index contributed by atoms with van der Waals surface area (Å²) in [5, 5.41) is 5.54. The summed E-state index contributed by atoms with van der Waals surface area (Å²) >= 11 is 0. The van der Waals surface area contributed by atoms with Gasteiger partial charge in [-0.15, -0.1) is 0 Å². The van der Waals surface area contributed by atoms with Crippen molar-refractivity contribution in [1.29, 1.82) is 0 Å². The largest absolute Gasteiger partial charge is 0.378 e. The van der Waals surface area contributed by atoms with Crippen molar-refractivity contribution in [3.8, 4) is 0 Å². The number of carbonyl (C=O) groups is 2. The lowest BCUT2D eigenvalue weighted by Gasteiger charge is -2.17. The maximum Gasteiger partial charge on any atom is 0.245 e. The smallest absolute Gasteiger partial charge is 0.245 e. The molecule has 0 aliphatic carbocycles. The van der Waals surface area contributed by atoms with Crippen LogP contribution in [0, 0.1) is 5.41 Å². The molecule has 0 bridgehead atoms. The molecule has 0 atom stereocenters. The molecule has 0 saturated heterocycles. The van der Waals surface area contributed by atoms with Crippen molar-refractivity contribution >= 4 is 18.4 Å². The molecule has 0 aliphatic heterocycles. The summed E-state index contributed by atoms with van der Waals surface area (Å²) < 4.78 is 5.30. The van der Waals surface area contributed by atoms with E-state index in [-0.39, 0.29) is 23.8 Å². The third kappa shape index (κ3) is 8.11. The molecular weight excluding hydrogens is 231 g/mol. The lowest BCUT2D eigenvalue weighted by atomic mass is 9.54. The zero-order valence-electron chi connectivity index (χ0n) is 12.1. The van der Waals surface area contributed by atoms with Gasteiger partial charge in [0.1, 0.15) is 0 Å². The number of carbonyl (C=O) groups excluding carboxylic acids is 2. The Labute approximate surface area is 110 Å². The van der Waals surface area contributed by atoms with Crippen molar-refractivity contribution in [3.05, 3.63) is 0 Å². The van der Waals surface area contributed by atoms with Gasteiger partial charge in [0.25, 0.3) is 0 Å². The first kappa shape index (κ1) is 17.0. The van der Waals surface area contributed by atoms with Crippen LogP contribution in [0.4, 0.5) is 4.79 Å². The second-order valence-electron chi connectivity index (χ2n) is 5.56. The summed E-state index contributed by atoms with van der Waals surface area (Å²) in [6, 6.07) is 0. The topological polar surface area (TPSA) is 67.4 Å². The van der Waals surface area contributed by atoms with Crippen molar-refractivity contribution in [3.63, 3.8) is 0 Å². The first-order valence-electron chi connectivity index (χ1n) is 6.39. The van der Waals surface area contributed by atoms with Gasteiger partial charge in [0.15, 0.2) is 5.81 Å². The molecule has 104 valence electrons. The van der Waals surface area contributed by atoms with E-state index < -0.39 is 0 Å². The molecule has 0 aromatic carbocycles. The Hall–Kier alpha value is -1.04. The first-order chi connectivity index (χ1) is 8.25. The number of hydrogen-bond donors (Lipinski definition) is 2. The van der Waals surface area contributed by atoms with Crippen LogP contribution in [0.3, 0.4) is 0 Å². The van der Waals surface area contributed by atoms with Crippen molar-refractivity contribution in [1.82, 2.24) is 10.6 Å². The fourth-order valence-corrected chi connectivity index (χ4v) is 1.05. The maximum atomic E-state index is 11.5. The van der Waals surface area contributed by atoms with Gasteiger partial charge in [0, 0.05) is 18.5 Å². The van der Waals surface area contributed by atoms with Gasteiger partial charge in [0.05, 0.1) is 13.2 Å². The average Bonchev–Trinajstić information content (AvgIpc) is 2.25. The number of rotatable bonds is 7. The van der Waals surface area contributed by atoms with Crippen LogP contribution < -0.4 is 10.6 Å². The Morgan fingerprint density at radius 3 is 2.00 bits per heavy atom. The summed E-state index contributed by atoms with van der Waals surface area (Å²) in [6.07, 6.45) is 0. The molecule has 0 aromatic heterocycles. The Morgan fingerprint density at radius 1 is 1.06 bits per heavy atom. The highest BCUT2D eigenvalue weighted by Crippen LogP contribution is 2.11. The number of hydrogen-bond acceptors (Lipinski definition) is 3. The van der Waals surface area contributed by atoms with Crippen LogP contribution in [0.5, 0.6) is 0 Å². The van der Waals surface area contributed by atoms with Crippen LogP contribution in [0.1, 0.15) is 20.8 Å². The second kappa shape index (κ2) is 8.13. The Kier molecular flexibility index (Phi) is 7.67. The van der Waals surface area contributed by atoms with E-state index in [0.717, 1.165) is 0 Å². The van der Waals surface area contributed by atoms with E-state index in [2.05, 4.69) is 10.6 Å². The van der Waals surface area contributed by atoms with Gasteiger partial charge in [-0.1, -0.05) is 34.4 Å². The molecule has 2 amide bonds. The van der Waals surface area contributed by atoms with E-state index in [1.807, 2.05) is 34.4 Å². The molecule has 0 heterocycles. The van der Waals surface area contributed by atoms with Crippen molar-refractivity contribution < 1.29 is 14.3 Å². The third-order valence-corrected chi connectivity index (χ3v) is 2.28. The number of nitrogens with one attached hydrogen (secondary N) is 2. The lowest BCUT2D eigenvalue weighted by molar-refractivity contribution is -0.128. The molecule has 5 nitrogen and oxygen atoms in total. The first-order valence-corrected chi connectivity index (χ1v) is 6.39. The van der Waals surface area contributed by atoms with Gasteiger partial charge in [0.2, 0.25) is 12.6 Å². The van der Waals surface area contributed by atoms with Crippen molar-refractivity contribution in [2.75, 3.05) is 26.3 Å². The van der Waals surface area contributed by atoms with E-state index in [0.29, 0.717) is 26.3 Å². The maximum absolute atomic E-state index is 11.5. The molecule has 18 heavy (non-hydrogen) atoms. The minimum Gasteiger partial charge on any atom is -0.378 e. The molecule has 0 rings (SSSR count). The normalized spacial score (nSPS) is 10.9. The standard InChI is InChI=1S/C12H25BN2O3/c1-12(2,3)10(16)14-6-8-18-9-7-15-11(17)13(4)5/h6-9H2,1-5H3,(H,14,16)(H,15,17). The van der Waals surface area contributed by atoms with Crippen LogP contribution in [0.25, 0.3) is 0 Å². The van der Waals surface area contributed by atoms with E-state index in [1.165, 1.54) is 0 Å². The van der Waals surface area contributed by atoms with Gasteiger partial charge in [-0.05, 0) is 0 Å². The van der Waals surface area contributed by atoms with E-state index in [1.54, 1.807) is 0 Å². The molecule has 0 aliphatic rings. The van der Waals surface area contributed by atoms with Crippen molar-refractivity contribution in [2.45, 2.75) is 34.4 Å². The monoisotopic (exact) mass is 256 g/mol. The zero-order chi connectivity index (χ0) is 14.2. The van der Waals surface area contributed by atoms with Crippen LogP contribution in [-0.2, 0) is 9.53 Å². The highest BCUT2D eigenvalue weighted by atomic mass is 16.5. The fraction of sp³-hybridized carbons (Fsp3) is 0.833. The quantitative estimate of drug-likeness (QED) is 0.531. The average molecular weight is 256 g/mol. The molecule has 0 saturated carbocycles. The Bertz CT molecular complexity index is 275. The van der Waals surface area contributed by atoms with Gasteiger partial charge >= 0.3 is 0 Å². The van der Waals surface area contributed by atoms with E-state index in [9.17, 15) is 9.59 Å². The van der Waals surface area contributed by atoms with Gasteiger partial charge in [-0.2, -0.15) is 0 Å². The minimum atomic E-state index is -0.370. The summed E-state index contributed by atoms with van der Waals surface area (Å²) in [7, 11) is 0. The molecule has 0 radical (unpaired) electrons. The van der Waals surface area contributed by atoms with Crippen LogP contribution in [0.15, 0.2) is 0 Å². The predicted molar refractivity (Wildman–Crippen MR) is 74.2 cm³/mol. The summed E-state index contributed by atoms with van der Waals surface area (Å²) in [6.45, 7) is 11.2. The molecule has 0 unspecified atom stereocenters. The molecule has 0 fully saturated rings. The lowest BCUT2D eigenvalue weighted by Crippen LogP contribution is -2.37. The second-order valence-corrected chi connectivity index (χ2v) is 5.56. The molecule has 6 heteroatoms. The SMILES string of the molecule is CB(C)C(=O)NCCOCCNC(=O)C(C)(C)C. The fourth-order valence-electron chi connectivity index (χ4n) is 1.05.